The fraction of sp³-hybridized carbons (Fsp3) is 0.400. The third-order valence-electron chi connectivity index (χ3n) is 4.00. The number of hydrogen-bond donors (Lipinski definition) is 1. The number of sulfonamides is 1. The van der Waals surface area contributed by atoms with Crippen LogP contribution in [0.1, 0.15) is 35.5 Å². The minimum atomic E-state index is -3.71. The van der Waals surface area contributed by atoms with Crippen molar-refractivity contribution in [2.24, 2.45) is 0 Å². The Hall–Kier alpha value is -1.31. The van der Waals surface area contributed by atoms with Crippen LogP contribution in [-0.2, 0) is 15.6 Å². The normalized spacial score (nSPS) is 17.2. The maximum Gasteiger partial charge on any atom is 0.241 e. The van der Waals surface area contributed by atoms with Crippen LogP contribution < -0.4 is 4.72 Å². The molecular formula is C15H17FN2O2S2. The highest BCUT2D eigenvalue weighted by atomic mass is 32.2. The van der Waals surface area contributed by atoms with Crippen molar-refractivity contribution in [2.45, 2.75) is 43.5 Å². The molecule has 0 unspecified atom stereocenters. The number of aryl methyl sites for hydroxylation is 2. The van der Waals surface area contributed by atoms with Gasteiger partial charge in [0.1, 0.15) is 10.8 Å². The summed E-state index contributed by atoms with van der Waals surface area (Å²) in [5.74, 6) is -0.409. The molecule has 118 valence electrons. The molecule has 1 aliphatic rings. The summed E-state index contributed by atoms with van der Waals surface area (Å²) >= 11 is 1.48. The first-order valence-electron chi connectivity index (χ1n) is 7.05. The molecule has 1 saturated carbocycles. The first-order chi connectivity index (χ1) is 10.3. The van der Waals surface area contributed by atoms with E-state index >= 15 is 0 Å². The number of nitrogens with zero attached hydrogens (tertiary/aromatic N) is 1. The van der Waals surface area contributed by atoms with Crippen molar-refractivity contribution < 1.29 is 12.8 Å². The molecule has 1 aromatic carbocycles. The zero-order chi connectivity index (χ0) is 16.0. The molecule has 0 spiro atoms. The molecule has 1 heterocycles. The summed E-state index contributed by atoms with van der Waals surface area (Å²) in [6.45, 7) is 3.45. The second-order valence-corrected chi connectivity index (χ2v) is 8.29. The van der Waals surface area contributed by atoms with E-state index in [1.165, 1.54) is 29.5 Å². The van der Waals surface area contributed by atoms with Gasteiger partial charge < -0.3 is 0 Å². The number of aromatic nitrogens is 1. The van der Waals surface area contributed by atoms with Crippen LogP contribution in [0.2, 0.25) is 0 Å². The van der Waals surface area contributed by atoms with Gasteiger partial charge in [-0.25, -0.2) is 17.8 Å². The van der Waals surface area contributed by atoms with Gasteiger partial charge in [-0.2, -0.15) is 4.72 Å². The molecule has 0 atom stereocenters. The van der Waals surface area contributed by atoms with Crippen LogP contribution in [0.25, 0.3) is 0 Å². The van der Waals surface area contributed by atoms with E-state index in [1.54, 1.807) is 6.92 Å². The van der Waals surface area contributed by atoms with Gasteiger partial charge in [0.15, 0.2) is 0 Å². The van der Waals surface area contributed by atoms with Gasteiger partial charge in [0.25, 0.3) is 0 Å². The van der Waals surface area contributed by atoms with E-state index in [1.807, 2.05) is 12.3 Å². The van der Waals surface area contributed by atoms with Gasteiger partial charge >= 0.3 is 0 Å². The summed E-state index contributed by atoms with van der Waals surface area (Å²) in [5.41, 5.74) is 0.596. The lowest BCUT2D eigenvalue weighted by atomic mass is 9.78. The lowest BCUT2D eigenvalue weighted by Crippen LogP contribution is -2.50. The van der Waals surface area contributed by atoms with Crippen molar-refractivity contribution >= 4 is 21.4 Å². The van der Waals surface area contributed by atoms with Gasteiger partial charge in [-0.05, 0) is 56.9 Å². The zero-order valence-corrected chi connectivity index (χ0v) is 14.0. The lowest BCUT2D eigenvalue weighted by molar-refractivity contribution is 0.223. The predicted octanol–water partition coefficient (Wildman–Crippen LogP) is 3.26. The molecule has 0 amide bonds. The van der Waals surface area contributed by atoms with Crippen LogP contribution in [0.15, 0.2) is 28.5 Å². The van der Waals surface area contributed by atoms with Gasteiger partial charge in [0.05, 0.1) is 10.4 Å². The van der Waals surface area contributed by atoms with Crippen LogP contribution in [0.3, 0.4) is 0 Å². The zero-order valence-electron chi connectivity index (χ0n) is 12.4. The quantitative estimate of drug-likeness (QED) is 0.929. The fourth-order valence-electron chi connectivity index (χ4n) is 2.56. The molecule has 0 saturated heterocycles. The SMILES string of the molecule is Cc1csc(C2(NS(=O)(=O)c3ccc(F)c(C)c3)CCC2)n1. The monoisotopic (exact) mass is 340 g/mol. The van der Waals surface area contributed by atoms with Crippen LogP contribution >= 0.6 is 11.3 Å². The predicted molar refractivity (Wildman–Crippen MR) is 83.8 cm³/mol. The second-order valence-electron chi connectivity index (χ2n) is 5.75. The van der Waals surface area contributed by atoms with Gasteiger partial charge in [-0.1, -0.05) is 0 Å². The molecule has 0 radical (unpaired) electrons. The molecule has 1 aliphatic carbocycles. The maximum atomic E-state index is 13.3. The number of benzene rings is 1. The van der Waals surface area contributed by atoms with Crippen molar-refractivity contribution in [3.8, 4) is 0 Å². The maximum absolute atomic E-state index is 13.3. The Bertz CT molecular complexity index is 811. The highest BCUT2D eigenvalue weighted by Gasteiger charge is 2.44. The minimum Gasteiger partial charge on any atom is -0.245 e. The Labute approximate surface area is 133 Å². The largest absolute Gasteiger partial charge is 0.245 e. The second kappa shape index (κ2) is 5.40. The Morgan fingerprint density at radius 1 is 1.32 bits per heavy atom. The van der Waals surface area contributed by atoms with Crippen LogP contribution in [0, 0.1) is 19.7 Å². The molecular weight excluding hydrogens is 323 g/mol. The Kier molecular flexibility index (Phi) is 3.82. The van der Waals surface area contributed by atoms with Gasteiger partial charge in [0.2, 0.25) is 10.0 Å². The highest BCUT2D eigenvalue weighted by Crippen LogP contribution is 2.43. The van der Waals surface area contributed by atoms with E-state index in [0.29, 0.717) is 5.56 Å². The molecule has 0 bridgehead atoms. The number of nitrogens with one attached hydrogen (secondary N) is 1. The average Bonchev–Trinajstić information content (AvgIpc) is 2.84. The smallest absolute Gasteiger partial charge is 0.241 e. The third-order valence-corrected chi connectivity index (χ3v) is 6.70. The minimum absolute atomic E-state index is 0.0888. The first-order valence-corrected chi connectivity index (χ1v) is 9.41. The summed E-state index contributed by atoms with van der Waals surface area (Å²) in [5, 5.41) is 2.73. The standard InChI is InChI=1S/C15H17FN2O2S2/c1-10-8-12(4-5-13(10)16)22(19,20)18-15(6-3-7-15)14-17-11(2)9-21-14/h4-5,8-9,18H,3,6-7H2,1-2H3. The molecule has 1 N–H and O–H groups in total. The Morgan fingerprint density at radius 3 is 2.55 bits per heavy atom. The third kappa shape index (κ3) is 2.68. The summed E-state index contributed by atoms with van der Waals surface area (Å²) in [6, 6.07) is 3.84. The summed E-state index contributed by atoms with van der Waals surface area (Å²) in [6.07, 6.45) is 2.43. The van der Waals surface area contributed by atoms with Crippen molar-refractivity contribution in [1.29, 1.82) is 0 Å². The van der Waals surface area contributed by atoms with Crippen molar-refractivity contribution in [3.63, 3.8) is 0 Å². The van der Waals surface area contributed by atoms with Gasteiger partial charge in [-0.15, -0.1) is 11.3 Å². The number of halogens is 1. The van der Waals surface area contributed by atoms with E-state index in [2.05, 4.69) is 9.71 Å². The molecule has 1 aromatic heterocycles. The van der Waals surface area contributed by atoms with Gasteiger partial charge in [-0.3, -0.25) is 0 Å². The van der Waals surface area contributed by atoms with Crippen molar-refractivity contribution in [3.05, 3.63) is 45.7 Å². The first kappa shape index (κ1) is 15.6. The van der Waals surface area contributed by atoms with Gasteiger partial charge in [0, 0.05) is 11.1 Å². The molecule has 7 heteroatoms. The lowest BCUT2D eigenvalue weighted by Gasteiger charge is -2.40. The average molecular weight is 340 g/mol. The highest BCUT2D eigenvalue weighted by molar-refractivity contribution is 7.89. The van der Waals surface area contributed by atoms with E-state index in [9.17, 15) is 12.8 Å². The molecule has 2 aromatic rings. The number of thiazole rings is 1. The van der Waals surface area contributed by atoms with Crippen molar-refractivity contribution in [1.82, 2.24) is 9.71 Å². The van der Waals surface area contributed by atoms with E-state index in [-0.39, 0.29) is 4.90 Å². The van der Waals surface area contributed by atoms with E-state index in [0.717, 1.165) is 30.0 Å². The summed E-state index contributed by atoms with van der Waals surface area (Å²) < 4.78 is 41.4. The molecule has 1 fully saturated rings. The topological polar surface area (TPSA) is 59.1 Å². The molecule has 22 heavy (non-hydrogen) atoms. The number of hydrogen-bond acceptors (Lipinski definition) is 4. The Balaban J connectivity index is 1.94. The molecule has 3 rings (SSSR count). The number of rotatable bonds is 4. The van der Waals surface area contributed by atoms with E-state index in [4.69, 9.17) is 0 Å². The summed E-state index contributed by atoms with van der Waals surface area (Å²) in [4.78, 5) is 4.53. The van der Waals surface area contributed by atoms with Crippen LogP contribution in [0.4, 0.5) is 4.39 Å². The van der Waals surface area contributed by atoms with Crippen LogP contribution in [-0.4, -0.2) is 13.4 Å². The van der Waals surface area contributed by atoms with Crippen LogP contribution in [0.5, 0.6) is 0 Å². The molecule has 4 nitrogen and oxygen atoms in total. The molecule has 0 aliphatic heterocycles. The van der Waals surface area contributed by atoms with E-state index < -0.39 is 21.4 Å². The summed E-state index contributed by atoms with van der Waals surface area (Å²) in [7, 11) is -3.71. The van der Waals surface area contributed by atoms with Crippen molar-refractivity contribution in [2.75, 3.05) is 0 Å². The fourth-order valence-corrected chi connectivity index (χ4v) is 5.15. The Morgan fingerprint density at radius 2 is 2.05 bits per heavy atom.